The number of nitrogens with two attached hydrogens (primary N) is 3. The van der Waals surface area contributed by atoms with Crippen LogP contribution in [-0.2, 0) is 9.47 Å². The Balaban J connectivity index is 0.000000532. The average Bonchev–Trinajstić information content (AvgIpc) is 3.21. The van der Waals surface area contributed by atoms with Gasteiger partial charge in [-0.05, 0) is 143 Å². The van der Waals surface area contributed by atoms with Gasteiger partial charge >= 0.3 is 5.97 Å². The molecule has 3 fully saturated rings. The topological polar surface area (TPSA) is 129 Å². The van der Waals surface area contributed by atoms with Crippen LogP contribution in [0.4, 0.5) is 32.8 Å². The number of piperidine rings is 2. The molecular formula is C49H76FN5O4. The van der Waals surface area contributed by atoms with Gasteiger partial charge in [-0.3, -0.25) is 4.39 Å². The molecule has 1 saturated carbocycles. The second-order valence-corrected chi connectivity index (χ2v) is 15.0. The van der Waals surface area contributed by atoms with Crippen molar-refractivity contribution in [3.63, 3.8) is 0 Å². The lowest BCUT2D eigenvalue weighted by Gasteiger charge is -2.38. The number of para-hydroxylation sites is 1. The van der Waals surface area contributed by atoms with Crippen LogP contribution in [0.5, 0.6) is 5.75 Å². The number of aryl methyl sites for hydroxylation is 1. The number of nitrogen functional groups attached to an aromatic ring is 3. The summed E-state index contributed by atoms with van der Waals surface area (Å²) in [5.41, 5.74) is 23.5. The van der Waals surface area contributed by atoms with E-state index in [4.69, 9.17) is 31.4 Å². The molecule has 10 heteroatoms. The Labute approximate surface area is 356 Å². The number of ether oxygens (including phenoxy) is 3. The predicted molar refractivity (Wildman–Crippen MR) is 250 cm³/mol. The van der Waals surface area contributed by atoms with E-state index in [1.54, 1.807) is 18.2 Å². The van der Waals surface area contributed by atoms with Gasteiger partial charge in [-0.15, -0.1) is 0 Å². The van der Waals surface area contributed by atoms with Gasteiger partial charge in [-0.2, -0.15) is 0 Å². The first-order chi connectivity index (χ1) is 26.8. The number of anilines is 5. The summed E-state index contributed by atoms with van der Waals surface area (Å²) in [5.74, 6) is 2.23. The number of hydrogen-bond acceptors (Lipinski definition) is 9. The maximum Gasteiger partial charge on any atom is 0.338 e. The lowest BCUT2D eigenvalue weighted by atomic mass is 9.82. The summed E-state index contributed by atoms with van der Waals surface area (Å²) < 4.78 is 26.4. The molecule has 7 rings (SSSR count). The van der Waals surface area contributed by atoms with Crippen molar-refractivity contribution >= 4 is 34.4 Å². The molecule has 2 saturated heterocycles. The number of rotatable bonds is 10. The number of nitrogens with zero attached hydrogens (tertiary/aromatic N) is 2. The van der Waals surface area contributed by atoms with Gasteiger partial charge in [0.2, 0.25) is 0 Å². The quantitative estimate of drug-likeness (QED) is 0.0813. The van der Waals surface area contributed by atoms with Gasteiger partial charge in [0.05, 0.1) is 18.8 Å². The Morgan fingerprint density at radius 2 is 1.07 bits per heavy atom. The molecule has 4 aromatic rings. The van der Waals surface area contributed by atoms with Crippen LogP contribution in [0.3, 0.4) is 0 Å². The average molecular weight is 818 g/mol. The van der Waals surface area contributed by atoms with Gasteiger partial charge < -0.3 is 41.2 Å². The molecule has 0 aromatic heterocycles. The van der Waals surface area contributed by atoms with Crippen LogP contribution >= 0.6 is 0 Å². The molecule has 4 aromatic carbocycles. The predicted octanol–water partition coefficient (Wildman–Crippen LogP) is 11.6. The normalized spacial score (nSPS) is 17.7. The van der Waals surface area contributed by atoms with E-state index in [0.717, 1.165) is 49.0 Å². The summed E-state index contributed by atoms with van der Waals surface area (Å²) in [4.78, 5) is 17.3. The first-order valence-electron chi connectivity index (χ1n) is 19.7. The van der Waals surface area contributed by atoms with Crippen molar-refractivity contribution in [1.82, 2.24) is 0 Å². The molecule has 0 unspecified atom stereocenters. The molecule has 2 aliphatic heterocycles. The summed E-state index contributed by atoms with van der Waals surface area (Å²) in [5, 5.41) is 0. The van der Waals surface area contributed by atoms with Crippen LogP contribution in [0.15, 0.2) is 97.1 Å². The molecule has 2 heterocycles. The van der Waals surface area contributed by atoms with E-state index in [1.807, 2.05) is 42.5 Å². The van der Waals surface area contributed by atoms with Crippen molar-refractivity contribution in [2.75, 3.05) is 67.2 Å². The van der Waals surface area contributed by atoms with Crippen molar-refractivity contribution in [3.8, 4) is 5.75 Å². The third kappa shape index (κ3) is 16.7. The second kappa shape index (κ2) is 26.9. The molecule has 3 aliphatic rings. The maximum atomic E-state index is 12.2. The molecule has 0 amide bonds. The minimum Gasteiger partial charge on any atom is -0.468 e. The van der Waals surface area contributed by atoms with Crippen molar-refractivity contribution in [1.29, 1.82) is 0 Å². The third-order valence-electron chi connectivity index (χ3n) is 10.9. The van der Waals surface area contributed by atoms with Crippen LogP contribution in [-0.4, -0.2) is 58.3 Å². The SMILES string of the molecule is C.C.C.C.CF.Cc1ccc(N2CCC(CC3CCN(c4ccc(N)cc4)CC3)CC2)cc1.Nc1cc(N)cc(C(=O)OC2CCC(OCOc3ccccc3)CC2)c1. The Hall–Kier alpha value is -4.96. The van der Waals surface area contributed by atoms with E-state index in [-0.39, 0.29) is 54.7 Å². The van der Waals surface area contributed by atoms with Crippen molar-refractivity contribution in [2.45, 2.75) is 107 Å². The minimum absolute atomic E-state index is 0. The highest BCUT2D eigenvalue weighted by molar-refractivity contribution is 5.91. The van der Waals surface area contributed by atoms with Crippen molar-refractivity contribution in [3.05, 3.63) is 108 Å². The molecule has 0 spiro atoms. The van der Waals surface area contributed by atoms with Gasteiger partial charge in [0.1, 0.15) is 11.9 Å². The lowest BCUT2D eigenvalue weighted by Crippen LogP contribution is -2.37. The van der Waals surface area contributed by atoms with Crippen molar-refractivity contribution in [2.24, 2.45) is 11.8 Å². The Kier molecular flexibility index (Phi) is 23.8. The summed E-state index contributed by atoms with van der Waals surface area (Å²) in [6.07, 6.45) is 10.0. The highest BCUT2D eigenvalue weighted by Crippen LogP contribution is 2.33. The zero-order valence-corrected chi connectivity index (χ0v) is 32.6. The Morgan fingerprint density at radius 1 is 0.610 bits per heavy atom. The molecule has 59 heavy (non-hydrogen) atoms. The zero-order valence-electron chi connectivity index (χ0n) is 32.6. The fourth-order valence-corrected chi connectivity index (χ4v) is 7.81. The molecule has 6 N–H and O–H groups in total. The van der Waals surface area contributed by atoms with Gasteiger partial charge in [-0.1, -0.05) is 65.6 Å². The van der Waals surface area contributed by atoms with Crippen LogP contribution in [0.2, 0.25) is 0 Å². The fourth-order valence-electron chi connectivity index (χ4n) is 7.81. The van der Waals surface area contributed by atoms with Gasteiger partial charge in [0.25, 0.3) is 0 Å². The maximum absolute atomic E-state index is 12.2. The first kappa shape index (κ1) is 52.1. The molecule has 1 aliphatic carbocycles. The second-order valence-electron chi connectivity index (χ2n) is 15.0. The summed E-state index contributed by atoms with van der Waals surface area (Å²) in [6, 6.07) is 31.7. The molecule has 0 radical (unpaired) electrons. The minimum atomic E-state index is -0.388. The van der Waals surface area contributed by atoms with Crippen LogP contribution < -0.4 is 31.7 Å². The molecular weight excluding hydrogens is 742 g/mol. The highest BCUT2D eigenvalue weighted by Gasteiger charge is 2.27. The van der Waals surface area contributed by atoms with E-state index >= 15 is 0 Å². The standard InChI is InChI=1S/C24H33N3.C20H24N2O4.CH3F.4CH4/c1-19-2-6-23(7-3-19)26-14-10-20(11-15-26)18-21-12-16-27(17-13-21)24-8-4-22(25)5-9-24;21-15-10-14(11-16(22)12-15)20(23)26-19-8-6-18(7-9-19)25-13-24-17-4-2-1-3-5-17;1-2;;;;/h2-9,20-21H,10-18,25H2,1H3;1-5,10-12,18-19H,6-9,13,21-22H2;1H3;4*1H4. The monoisotopic (exact) mass is 818 g/mol. The summed E-state index contributed by atoms with van der Waals surface area (Å²) >= 11 is 0. The number of carbonyl (C=O) groups excluding carboxylic acids is 1. The molecule has 0 bridgehead atoms. The summed E-state index contributed by atoms with van der Waals surface area (Å²) in [7, 11) is 0.500. The van der Waals surface area contributed by atoms with E-state index in [9.17, 15) is 9.18 Å². The highest BCUT2D eigenvalue weighted by atomic mass is 19.1. The number of hydrogen-bond donors (Lipinski definition) is 3. The largest absolute Gasteiger partial charge is 0.468 e. The van der Waals surface area contributed by atoms with Gasteiger partial charge in [-0.25, -0.2) is 4.79 Å². The lowest BCUT2D eigenvalue weighted by molar-refractivity contribution is -0.0666. The van der Waals surface area contributed by atoms with Crippen LogP contribution in [0, 0.1) is 18.8 Å². The number of halogens is 1. The van der Waals surface area contributed by atoms with Crippen LogP contribution in [0.1, 0.15) is 103 Å². The molecule has 328 valence electrons. The number of benzene rings is 4. The van der Waals surface area contributed by atoms with E-state index in [2.05, 4.69) is 53.1 Å². The smallest absolute Gasteiger partial charge is 0.338 e. The van der Waals surface area contributed by atoms with Crippen molar-refractivity contribution < 1.29 is 23.4 Å². The zero-order chi connectivity index (χ0) is 39.0. The number of alkyl halides is 1. The van der Waals surface area contributed by atoms with E-state index in [1.165, 1.54) is 75.2 Å². The van der Waals surface area contributed by atoms with E-state index in [0.29, 0.717) is 24.1 Å². The first-order valence-corrected chi connectivity index (χ1v) is 19.7. The number of carbonyl (C=O) groups is 1. The molecule has 9 nitrogen and oxygen atoms in total. The Bertz CT molecular complexity index is 1620. The fraction of sp³-hybridized carbons (Fsp3) is 0.490. The molecule has 0 atom stereocenters. The third-order valence-corrected chi connectivity index (χ3v) is 10.9. The van der Waals surface area contributed by atoms with Gasteiger partial charge in [0.15, 0.2) is 6.79 Å². The number of esters is 1. The van der Waals surface area contributed by atoms with Gasteiger partial charge in [0, 0.05) is 54.6 Å². The summed E-state index contributed by atoms with van der Waals surface area (Å²) in [6.45, 7) is 7.21. The van der Waals surface area contributed by atoms with Crippen LogP contribution in [0.25, 0.3) is 0 Å². The Morgan fingerprint density at radius 3 is 1.56 bits per heavy atom. The van der Waals surface area contributed by atoms with E-state index < -0.39 is 0 Å².